The van der Waals surface area contributed by atoms with Crippen molar-refractivity contribution < 1.29 is 0 Å². The van der Waals surface area contributed by atoms with Gasteiger partial charge in [0.2, 0.25) is 5.95 Å². The first-order valence-corrected chi connectivity index (χ1v) is 23.7. The van der Waals surface area contributed by atoms with Crippen LogP contribution < -0.4 is 0 Å². The van der Waals surface area contributed by atoms with Crippen LogP contribution in [0.4, 0.5) is 0 Å². The van der Waals surface area contributed by atoms with Gasteiger partial charge in [0.1, 0.15) is 17.2 Å². The predicted octanol–water partition coefficient (Wildman–Crippen LogP) is 15.0. The summed E-state index contributed by atoms with van der Waals surface area (Å²) in [6.07, 6.45) is 0. The zero-order chi connectivity index (χ0) is 45.4. The Hall–Kier alpha value is -9.18. The molecule has 7 aromatic carbocycles. The molecule has 0 aliphatic carbocycles. The lowest BCUT2D eigenvalue weighted by Crippen LogP contribution is -2.08. The molecule has 0 amide bonds. The van der Waals surface area contributed by atoms with E-state index in [4.69, 9.17) is 29.9 Å². The molecule has 0 aliphatic rings. The lowest BCUT2D eigenvalue weighted by Gasteiger charge is -2.12. The number of rotatable bonds is 7. The van der Waals surface area contributed by atoms with Gasteiger partial charge in [-0.05, 0) is 78.9 Å². The molecule has 14 aromatic rings. The molecule has 0 N–H and O–H groups in total. The van der Waals surface area contributed by atoms with E-state index < -0.39 is 0 Å². The van der Waals surface area contributed by atoms with E-state index in [9.17, 15) is 0 Å². The number of nitrogens with zero attached hydrogens (tertiary/aromatic N) is 8. The molecule has 0 saturated carbocycles. The van der Waals surface area contributed by atoms with E-state index in [0.717, 1.165) is 83.2 Å². The monoisotopic (exact) mass is 900 g/mol. The van der Waals surface area contributed by atoms with Gasteiger partial charge in [0.05, 0.1) is 39.1 Å². The number of benzene rings is 7. The predicted molar refractivity (Wildman–Crippen MR) is 282 cm³/mol. The fourth-order valence-corrected chi connectivity index (χ4v) is 10.9. The Morgan fingerprint density at radius 2 is 0.783 bits per heavy atom. The highest BCUT2D eigenvalue weighted by molar-refractivity contribution is 7.25. The molecule has 0 aliphatic heterocycles. The van der Waals surface area contributed by atoms with Crippen LogP contribution in [0.1, 0.15) is 0 Å². The van der Waals surface area contributed by atoms with Crippen LogP contribution in [0, 0.1) is 0 Å². The van der Waals surface area contributed by atoms with E-state index in [0.29, 0.717) is 29.0 Å². The molecule has 322 valence electrons. The minimum Gasteiger partial charge on any atom is -0.294 e. The van der Waals surface area contributed by atoms with Gasteiger partial charge in [-0.3, -0.25) is 9.13 Å². The molecule has 0 radical (unpaired) electrons. The van der Waals surface area contributed by atoms with E-state index in [1.54, 1.807) is 0 Å². The van der Waals surface area contributed by atoms with Crippen LogP contribution in [-0.2, 0) is 0 Å². The molecule has 7 heterocycles. The minimum absolute atomic E-state index is 0.440. The van der Waals surface area contributed by atoms with Gasteiger partial charge in [-0.15, -0.1) is 11.3 Å². The first kappa shape index (κ1) is 39.0. The standard InChI is InChI=1S/C60H36N8S/c1-3-16-37(17-4-1)46-23-13-26-49(61-46)58-64-59(50-27-14-24-47(62-50)38-18-5-2-6-19-38)66-60(65-58)68-52-29-11-8-21-41(52)44-35-43-40-20-7-10-28-51(40)67(53(43)36-54(44)68)57-31-15-25-48(63-57)39-32-33-56-45(34-39)42-22-9-12-30-55(42)69-56/h1-36H. The first-order valence-electron chi connectivity index (χ1n) is 22.9. The molecular formula is C60H36N8S. The number of fused-ring (bicyclic) bond motifs is 9. The molecule has 0 unspecified atom stereocenters. The molecule has 0 bridgehead atoms. The van der Waals surface area contributed by atoms with Crippen LogP contribution in [0.3, 0.4) is 0 Å². The molecule has 7 aromatic heterocycles. The van der Waals surface area contributed by atoms with Crippen molar-refractivity contribution in [1.29, 1.82) is 0 Å². The van der Waals surface area contributed by atoms with Gasteiger partial charge in [0.25, 0.3) is 0 Å². The summed E-state index contributed by atoms with van der Waals surface area (Å²) in [7, 11) is 0. The van der Waals surface area contributed by atoms with E-state index >= 15 is 0 Å². The largest absolute Gasteiger partial charge is 0.294 e. The zero-order valence-corrected chi connectivity index (χ0v) is 37.6. The van der Waals surface area contributed by atoms with Crippen LogP contribution in [0.15, 0.2) is 218 Å². The van der Waals surface area contributed by atoms with Crippen molar-refractivity contribution in [2.75, 3.05) is 0 Å². The Labute approximate surface area is 399 Å². The van der Waals surface area contributed by atoms with Crippen LogP contribution >= 0.6 is 11.3 Å². The van der Waals surface area contributed by atoms with Gasteiger partial charge < -0.3 is 0 Å². The third-order valence-corrected chi connectivity index (χ3v) is 14.2. The second-order valence-corrected chi connectivity index (χ2v) is 18.2. The van der Waals surface area contributed by atoms with Crippen molar-refractivity contribution >= 4 is 75.1 Å². The topological polar surface area (TPSA) is 87.2 Å². The fraction of sp³-hybridized carbons (Fsp3) is 0. The number of para-hydroxylation sites is 2. The summed E-state index contributed by atoms with van der Waals surface area (Å²) in [5.74, 6) is 2.17. The third kappa shape index (κ3) is 6.51. The maximum atomic E-state index is 5.42. The zero-order valence-electron chi connectivity index (χ0n) is 36.8. The Morgan fingerprint density at radius 3 is 1.43 bits per heavy atom. The number of aromatic nitrogens is 8. The number of hydrogen-bond donors (Lipinski definition) is 0. The molecule has 0 fully saturated rings. The summed E-state index contributed by atoms with van der Waals surface area (Å²) in [5.41, 5.74) is 10.9. The van der Waals surface area contributed by atoms with E-state index in [1.807, 2.05) is 84.1 Å². The first-order chi connectivity index (χ1) is 34.2. The lowest BCUT2D eigenvalue weighted by molar-refractivity contribution is 0.944. The normalized spacial score (nSPS) is 11.8. The van der Waals surface area contributed by atoms with Gasteiger partial charge in [-0.1, -0.05) is 140 Å². The van der Waals surface area contributed by atoms with Gasteiger partial charge in [-0.2, -0.15) is 9.97 Å². The molecule has 69 heavy (non-hydrogen) atoms. The van der Waals surface area contributed by atoms with Crippen molar-refractivity contribution in [3.8, 4) is 68.6 Å². The maximum Gasteiger partial charge on any atom is 0.238 e. The van der Waals surface area contributed by atoms with Crippen molar-refractivity contribution in [2.45, 2.75) is 0 Å². The van der Waals surface area contributed by atoms with Crippen molar-refractivity contribution in [1.82, 2.24) is 39.0 Å². The summed E-state index contributed by atoms with van der Waals surface area (Å²) in [5, 5.41) is 6.94. The van der Waals surface area contributed by atoms with Crippen molar-refractivity contribution in [3.63, 3.8) is 0 Å². The summed E-state index contributed by atoms with van der Waals surface area (Å²) < 4.78 is 7.00. The van der Waals surface area contributed by atoms with Crippen LogP contribution in [-0.4, -0.2) is 39.0 Å². The van der Waals surface area contributed by atoms with Gasteiger partial charge in [-0.25, -0.2) is 19.9 Å². The summed E-state index contributed by atoms with van der Waals surface area (Å²) in [6, 6.07) is 75.6. The maximum absolute atomic E-state index is 5.42. The van der Waals surface area contributed by atoms with E-state index in [2.05, 4.69) is 155 Å². The van der Waals surface area contributed by atoms with Crippen molar-refractivity contribution in [3.05, 3.63) is 218 Å². The van der Waals surface area contributed by atoms with Gasteiger partial charge in [0.15, 0.2) is 11.6 Å². The van der Waals surface area contributed by atoms with E-state index in [-0.39, 0.29) is 0 Å². The average molecular weight is 901 g/mol. The Morgan fingerprint density at radius 1 is 0.275 bits per heavy atom. The van der Waals surface area contributed by atoms with Crippen LogP contribution in [0.25, 0.3) is 132 Å². The summed E-state index contributed by atoms with van der Waals surface area (Å²) in [6.45, 7) is 0. The Balaban J connectivity index is 0.997. The van der Waals surface area contributed by atoms with Gasteiger partial charge >= 0.3 is 0 Å². The molecular weight excluding hydrogens is 865 g/mol. The highest BCUT2D eigenvalue weighted by Gasteiger charge is 2.23. The highest BCUT2D eigenvalue weighted by atomic mass is 32.1. The minimum atomic E-state index is 0.440. The number of hydrogen-bond acceptors (Lipinski definition) is 7. The molecule has 0 atom stereocenters. The molecule has 8 nitrogen and oxygen atoms in total. The molecule has 9 heteroatoms. The molecule has 0 spiro atoms. The van der Waals surface area contributed by atoms with Crippen LogP contribution in [0.5, 0.6) is 0 Å². The Kier molecular flexibility index (Phi) is 8.90. The quantitative estimate of drug-likeness (QED) is 0.158. The summed E-state index contributed by atoms with van der Waals surface area (Å²) in [4.78, 5) is 31.4. The Bertz CT molecular complexity index is 4220. The van der Waals surface area contributed by atoms with Gasteiger partial charge in [0, 0.05) is 58.4 Å². The third-order valence-electron chi connectivity index (χ3n) is 13.0. The lowest BCUT2D eigenvalue weighted by atomic mass is 10.1. The smallest absolute Gasteiger partial charge is 0.238 e. The second kappa shape index (κ2) is 15.7. The highest BCUT2D eigenvalue weighted by Crippen LogP contribution is 2.41. The summed E-state index contributed by atoms with van der Waals surface area (Å²) >= 11 is 1.82. The SMILES string of the molecule is c1ccc(-c2cccc(-c3nc(-c4cccc(-c5ccccc5)n4)nc(-n4c5ccccc5c5cc6c7ccccc7n(-c7cccc(-c8ccc9sc%10ccccc%10c9c8)n7)c6cc54)n3)n2)cc1. The van der Waals surface area contributed by atoms with Crippen molar-refractivity contribution in [2.24, 2.45) is 0 Å². The average Bonchev–Trinajstić information content (AvgIpc) is 4.08. The molecule has 0 saturated heterocycles. The van der Waals surface area contributed by atoms with Crippen LogP contribution in [0.2, 0.25) is 0 Å². The van der Waals surface area contributed by atoms with E-state index in [1.165, 1.54) is 20.2 Å². The molecule has 14 rings (SSSR count). The fourth-order valence-electron chi connectivity index (χ4n) is 9.84. The number of pyridine rings is 3. The number of thiophene rings is 1. The second-order valence-electron chi connectivity index (χ2n) is 17.1.